The molecule has 114 valence electrons. The highest BCUT2D eigenvalue weighted by molar-refractivity contribution is 5.93. The van der Waals surface area contributed by atoms with E-state index < -0.39 is 0 Å². The van der Waals surface area contributed by atoms with Crippen LogP contribution in [-0.4, -0.2) is 22.3 Å². The van der Waals surface area contributed by atoms with E-state index in [1.807, 2.05) is 57.2 Å². The van der Waals surface area contributed by atoms with Gasteiger partial charge in [0.2, 0.25) is 0 Å². The predicted octanol–water partition coefficient (Wildman–Crippen LogP) is 3.35. The Morgan fingerprint density at radius 1 is 1.32 bits per heavy atom. The Kier molecular flexibility index (Phi) is 5.25. The number of rotatable bonds is 5. The second-order valence-corrected chi connectivity index (χ2v) is 5.36. The molecule has 1 aromatic heterocycles. The fraction of sp³-hybridized carbons (Fsp3) is 0.235. The minimum Gasteiger partial charge on any atom is -0.282 e. The second-order valence-electron chi connectivity index (χ2n) is 5.36. The Labute approximate surface area is 130 Å². The molecule has 0 spiro atoms. The zero-order valence-corrected chi connectivity index (χ0v) is 13.0. The number of nitrogens with zero attached hydrogens (tertiary/aromatic N) is 2. The Morgan fingerprint density at radius 3 is 2.68 bits per heavy atom. The lowest BCUT2D eigenvalue weighted by Gasteiger charge is -1.97. The molecule has 0 aliphatic rings. The molecule has 2 N–H and O–H groups in total. The van der Waals surface area contributed by atoms with E-state index in [9.17, 15) is 4.79 Å². The number of hydrazone groups is 1. The molecule has 0 radical (unpaired) electrons. The van der Waals surface area contributed by atoms with E-state index in [1.165, 1.54) is 0 Å². The molecule has 0 fully saturated rings. The number of H-pyrrole nitrogens is 1. The third-order valence-electron chi connectivity index (χ3n) is 3.08. The molecule has 1 heterocycles. The van der Waals surface area contributed by atoms with Crippen LogP contribution < -0.4 is 5.43 Å². The fourth-order valence-electron chi connectivity index (χ4n) is 1.85. The normalized spacial score (nSPS) is 12.1. The van der Waals surface area contributed by atoms with E-state index in [4.69, 9.17) is 0 Å². The van der Waals surface area contributed by atoms with Gasteiger partial charge in [0.05, 0.1) is 6.21 Å². The molecular formula is C17H20N4O. The summed E-state index contributed by atoms with van der Waals surface area (Å²) in [5, 5.41) is 10.8. The van der Waals surface area contributed by atoms with E-state index in [0.717, 1.165) is 16.8 Å². The predicted molar refractivity (Wildman–Crippen MR) is 88.7 cm³/mol. The molecule has 2 aromatic rings. The van der Waals surface area contributed by atoms with Gasteiger partial charge >= 0.3 is 0 Å². The van der Waals surface area contributed by atoms with Gasteiger partial charge in [0.25, 0.3) is 5.91 Å². The van der Waals surface area contributed by atoms with Crippen LogP contribution in [0, 0.1) is 0 Å². The number of hydrogen-bond donors (Lipinski definition) is 2. The zero-order valence-electron chi connectivity index (χ0n) is 13.0. The van der Waals surface area contributed by atoms with Crippen LogP contribution in [0.1, 0.15) is 48.4 Å². The van der Waals surface area contributed by atoms with E-state index >= 15 is 0 Å². The molecule has 2 rings (SSSR count). The summed E-state index contributed by atoms with van der Waals surface area (Å²) in [6.45, 7) is 5.99. The molecule has 0 saturated heterocycles. The van der Waals surface area contributed by atoms with E-state index in [0.29, 0.717) is 11.6 Å². The molecule has 5 nitrogen and oxygen atoms in total. The number of aromatic nitrogens is 2. The van der Waals surface area contributed by atoms with Crippen molar-refractivity contribution in [2.45, 2.75) is 26.7 Å². The van der Waals surface area contributed by atoms with E-state index in [-0.39, 0.29) is 5.91 Å². The van der Waals surface area contributed by atoms with Crippen molar-refractivity contribution in [3.8, 4) is 0 Å². The van der Waals surface area contributed by atoms with Crippen LogP contribution in [0.5, 0.6) is 0 Å². The zero-order chi connectivity index (χ0) is 15.9. The van der Waals surface area contributed by atoms with Crippen molar-refractivity contribution in [2.75, 3.05) is 0 Å². The third-order valence-corrected chi connectivity index (χ3v) is 3.08. The lowest BCUT2D eigenvalue weighted by atomic mass is 10.1. The monoisotopic (exact) mass is 296 g/mol. The maximum absolute atomic E-state index is 11.9. The highest BCUT2D eigenvalue weighted by Gasteiger charge is 2.10. The Balaban J connectivity index is 1.93. The van der Waals surface area contributed by atoms with Gasteiger partial charge in [-0.15, -0.1) is 0 Å². The van der Waals surface area contributed by atoms with Crippen LogP contribution in [0.4, 0.5) is 0 Å². The van der Waals surface area contributed by atoms with Crippen molar-refractivity contribution in [1.29, 1.82) is 0 Å². The first kappa shape index (κ1) is 15.7. The number of aromatic amines is 1. The molecule has 1 aromatic carbocycles. The average molecular weight is 296 g/mol. The molecule has 0 aliphatic carbocycles. The number of amides is 1. The largest absolute Gasteiger partial charge is 0.291 e. The average Bonchev–Trinajstić information content (AvgIpc) is 2.98. The Morgan fingerprint density at radius 2 is 2.05 bits per heavy atom. The number of hydrogen-bond acceptors (Lipinski definition) is 3. The molecule has 1 amide bonds. The maximum Gasteiger partial charge on any atom is 0.291 e. The van der Waals surface area contributed by atoms with E-state index in [1.54, 1.807) is 12.3 Å². The number of benzene rings is 1. The lowest BCUT2D eigenvalue weighted by Crippen LogP contribution is -2.18. The first-order valence-electron chi connectivity index (χ1n) is 7.18. The van der Waals surface area contributed by atoms with Crippen LogP contribution >= 0.6 is 0 Å². The van der Waals surface area contributed by atoms with Crippen molar-refractivity contribution in [2.24, 2.45) is 5.10 Å². The SMILES string of the molecule is CC(/C=N\NC(=O)c1cc(C(C)C)[nH]n1)=C\c1ccccc1. The topological polar surface area (TPSA) is 70.1 Å². The molecule has 0 bridgehead atoms. The van der Waals surface area contributed by atoms with Gasteiger partial charge < -0.3 is 0 Å². The van der Waals surface area contributed by atoms with Crippen LogP contribution in [0.25, 0.3) is 6.08 Å². The molecular weight excluding hydrogens is 276 g/mol. The van der Waals surface area contributed by atoms with Crippen molar-refractivity contribution < 1.29 is 4.79 Å². The van der Waals surface area contributed by atoms with Gasteiger partial charge in [-0.25, -0.2) is 5.43 Å². The minimum absolute atomic E-state index is 0.300. The maximum atomic E-state index is 11.9. The highest BCUT2D eigenvalue weighted by atomic mass is 16.2. The van der Waals surface area contributed by atoms with Crippen LogP contribution in [-0.2, 0) is 0 Å². The van der Waals surface area contributed by atoms with Crippen molar-refractivity contribution in [1.82, 2.24) is 15.6 Å². The summed E-state index contributed by atoms with van der Waals surface area (Å²) in [4.78, 5) is 11.9. The third kappa shape index (κ3) is 4.41. The summed E-state index contributed by atoms with van der Waals surface area (Å²) in [5.74, 6) is -0.0273. The Hall–Kier alpha value is -2.69. The number of carbonyl (C=O) groups is 1. The van der Waals surface area contributed by atoms with Crippen molar-refractivity contribution in [3.05, 3.63) is 58.9 Å². The molecule has 0 aliphatic heterocycles. The molecule has 0 atom stereocenters. The highest BCUT2D eigenvalue weighted by Crippen LogP contribution is 2.11. The Bertz CT molecular complexity index is 684. The standard InChI is InChI=1S/C17H20N4O/c1-12(2)15-10-16(20-19-15)17(22)21-18-11-13(3)9-14-7-5-4-6-8-14/h4-12H,1-3H3,(H,19,20)(H,21,22)/b13-9+,18-11-. The van der Waals surface area contributed by atoms with Gasteiger partial charge in [-0.05, 0) is 30.0 Å². The summed E-state index contributed by atoms with van der Waals surface area (Å²) in [6, 6.07) is 11.7. The van der Waals surface area contributed by atoms with Gasteiger partial charge in [0, 0.05) is 5.69 Å². The quantitative estimate of drug-likeness (QED) is 0.656. The van der Waals surface area contributed by atoms with Crippen LogP contribution in [0.15, 0.2) is 47.1 Å². The molecule has 0 unspecified atom stereocenters. The summed E-state index contributed by atoms with van der Waals surface area (Å²) in [6.07, 6.45) is 3.60. The molecule has 0 saturated carbocycles. The van der Waals surface area contributed by atoms with Crippen LogP contribution in [0.2, 0.25) is 0 Å². The summed E-state index contributed by atoms with van der Waals surface area (Å²) >= 11 is 0. The summed E-state index contributed by atoms with van der Waals surface area (Å²) in [7, 11) is 0. The molecule has 22 heavy (non-hydrogen) atoms. The summed E-state index contributed by atoms with van der Waals surface area (Å²) in [5.41, 5.74) is 5.77. The minimum atomic E-state index is -0.327. The van der Waals surface area contributed by atoms with Gasteiger partial charge in [-0.3, -0.25) is 9.89 Å². The molecule has 5 heteroatoms. The first-order chi connectivity index (χ1) is 10.6. The van der Waals surface area contributed by atoms with E-state index in [2.05, 4.69) is 20.7 Å². The van der Waals surface area contributed by atoms with Gasteiger partial charge in [0.1, 0.15) is 0 Å². The number of nitrogens with one attached hydrogen (secondary N) is 2. The first-order valence-corrected chi connectivity index (χ1v) is 7.18. The number of carbonyl (C=O) groups excluding carboxylic acids is 1. The van der Waals surface area contributed by atoms with Crippen molar-refractivity contribution >= 4 is 18.2 Å². The van der Waals surface area contributed by atoms with Gasteiger partial charge in [-0.2, -0.15) is 10.2 Å². The van der Waals surface area contributed by atoms with Gasteiger partial charge in [0.15, 0.2) is 5.69 Å². The van der Waals surface area contributed by atoms with Crippen LogP contribution in [0.3, 0.4) is 0 Å². The lowest BCUT2D eigenvalue weighted by molar-refractivity contribution is 0.0950. The second kappa shape index (κ2) is 7.36. The fourth-order valence-corrected chi connectivity index (χ4v) is 1.85. The summed E-state index contributed by atoms with van der Waals surface area (Å²) < 4.78 is 0. The smallest absolute Gasteiger partial charge is 0.282 e. The van der Waals surface area contributed by atoms with Crippen molar-refractivity contribution in [3.63, 3.8) is 0 Å². The van der Waals surface area contributed by atoms with Gasteiger partial charge in [-0.1, -0.05) is 50.3 Å². The number of allylic oxidation sites excluding steroid dienone is 1.